The largest absolute Gasteiger partial charge is 0.496 e. The molecule has 3 rings (SSSR count). The Kier molecular flexibility index (Phi) is 4.07. The fourth-order valence-corrected chi connectivity index (χ4v) is 3.61. The summed E-state index contributed by atoms with van der Waals surface area (Å²) in [5.74, 6) is 0.820. The first-order chi connectivity index (χ1) is 10.1. The van der Waals surface area contributed by atoms with Crippen LogP contribution in [0.4, 0.5) is 4.39 Å². The number of hydrogen-bond donors (Lipinski definition) is 0. The molecule has 3 nitrogen and oxygen atoms in total. The topological polar surface area (TPSA) is 21.7 Å². The van der Waals surface area contributed by atoms with Gasteiger partial charge in [-0.25, -0.2) is 4.39 Å². The third-order valence-electron chi connectivity index (χ3n) is 4.76. The molecule has 0 aromatic heterocycles. The summed E-state index contributed by atoms with van der Waals surface area (Å²) in [6.07, 6.45) is 4.64. The maximum absolute atomic E-state index is 13.9. The van der Waals surface area contributed by atoms with Gasteiger partial charge in [-0.3, -0.25) is 4.90 Å². The first-order valence-corrected chi connectivity index (χ1v) is 7.87. The van der Waals surface area contributed by atoms with Gasteiger partial charge in [-0.2, -0.15) is 0 Å². The Morgan fingerprint density at radius 1 is 1.29 bits per heavy atom. The van der Waals surface area contributed by atoms with E-state index in [9.17, 15) is 4.39 Å². The van der Waals surface area contributed by atoms with Gasteiger partial charge in [-0.05, 0) is 45.2 Å². The number of rotatable bonds is 4. The lowest BCUT2D eigenvalue weighted by atomic mass is 9.87. The molecule has 1 aromatic carbocycles. The molecular weight excluding hydrogens is 269 g/mol. The van der Waals surface area contributed by atoms with Gasteiger partial charge in [0.1, 0.15) is 12.4 Å². The molecule has 0 saturated heterocycles. The zero-order valence-corrected chi connectivity index (χ0v) is 13.1. The molecule has 0 amide bonds. The van der Waals surface area contributed by atoms with E-state index in [1.807, 2.05) is 0 Å². The average molecular weight is 293 g/mol. The highest BCUT2D eigenvalue weighted by Crippen LogP contribution is 2.38. The molecule has 1 heterocycles. The summed E-state index contributed by atoms with van der Waals surface area (Å²) in [5, 5.41) is 0. The minimum atomic E-state index is -0.288. The zero-order valence-electron chi connectivity index (χ0n) is 13.1. The van der Waals surface area contributed by atoms with Crippen molar-refractivity contribution in [3.63, 3.8) is 0 Å². The van der Waals surface area contributed by atoms with Gasteiger partial charge in [0.15, 0.2) is 11.6 Å². The molecule has 1 aliphatic heterocycles. The molecule has 0 bridgehead atoms. The van der Waals surface area contributed by atoms with Gasteiger partial charge in [-0.1, -0.05) is 6.42 Å². The van der Waals surface area contributed by atoms with Crippen LogP contribution >= 0.6 is 0 Å². The summed E-state index contributed by atoms with van der Waals surface area (Å²) in [7, 11) is 1.63. The molecule has 0 N–H and O–H groups in total. The molecule has 0 spiro atoms. The number of ether oxygens (including phenoxy) is 2. The number of benzene rings is 1. The first kappa shape index (κ1) is 14.6. The molecule has 2 aliphatic rings. The molecule has 1 aliphatic carbocycles. The molecule has 0 unspecified atom stereocenters. The minimum Gasteiger partial charge on any atom is -0.496 e. The molecule has 116 valence electrons. The third-order valence-corrected chi connectivity index (χ3v) is 4.76. The van der Waals surface area contributed by atoms with Crippen LogP contribution in [0.2, 0.25) is 0 Å². The molecule has 0 radical (unpaired) electrons. The van der Waals surface area contributed by atoms with E-state index in [1.54, 1.807) is 13.2 Å². The maximum atomic E-state index is 13.9. The smallest absolute Gasteiger partial charge is 0.165 e. The van der Waals surface area contributed by atoms with Gasteiger partial charge in [0, 0.05) is 23.7 Å². The third kappa shape index (κ3) is 2.61. The van der Waals surface area contributed by atoms with Crippen LogP contribution < -0.4 is 9.47 Å². The summed E-state index contributed by atoms with van der Waals surface area (Å²) in [5.41, 5.74) is 0.874. The SMILES string of the molecule is COc1ccc(F)c2c1C[C@@H](N(C(C)C)C1CCC1)CO2. The van der Waals surface area contributed by atoms with E-state index in [0.29, 0.717) is 30.5 Å². The lowest BCUT2D eigenvalue weighted by molar-refractivity contribution is 0.0181. The van der Waals surface area contributed by atoms with E-state index in [0.717, 1.165) is 17.7 Å². The molecule has 21 heavy (non-hydrogen) atoms. The fraction of sp³-hybridized carbons (Fsp3) is 0.647. The van der Waals surface area contributed by atoms with Crippen LogP contribution in [0.1, 0.15) is 38.7 Å². The van der Waals surface area contributed by atoms with Gasteiger partial charge in [0.2, 0.25) is 0 Å². The predicted octanol–water partition coefficient (Wildman–Crippen LogP) is 3.40. The lowest BCUT2D eigenvalue weighted by Crippen LogP contribution is -2.54. The predicted molar refractivity (Wildman–Crippen MR) is 80.6 cm³/mol. The van der Waals surface area contributed by atoms with E-state index in [1.165, 1.54) is 25.3 Å². The fourth-order valence-electron chi connectivity index (χ4n) is 3.61. The van der Waals surface area contributed by atoms with E-state index in [4.69, 9.17) is 9.47 Å². The Morgan fingerprint density at radius 3 is 2.62 bits per heavy atom. The van der Waals surface area contributed by atoms with Gasteiger partial charge in [0.25, 0.3) is 0 Å². The Balaban J connectivity index is 1.87. The molecule has 1 fully saturated rings. The van der Waals surface area contributed by atoms with E-state index in [-0.39, 0.29) is 5.82 Å². The molecule has 1 aromatic rings. The van der Waals surface area contributed by atoms with Crippen molar-refractivity contribution in [2.75, 3.05) is 13.7 Å². The van der Waals surface area contributed by atoms with Crippen LogP contribution in [-0.2, 0) is 6.42 Å². The zero-order chi connectivity index (χ0) is 15.0. The van der Waals surface area contributed by atoms with Crippen molar-refractivity contribution in [3.05, 3.63) is 23.5 Å². The second-order valence-electron chi connectivity index (χ2n) is 6.35. The van der Waals surface area contributed by atoms with Crippen molar-refractivity contribution in [1.29, 1.82) is 0 Å². The normalized spacial score (nSPS) is 21.9. The molecule has 4 heteroatoms. The van der Waals surface area contributed by atoms with E-state index < -0.39 is 0 Å². The lowest BCUT2D eigenvalue weighted by Gasteiger charge is -2.46. The highest BCUT2D eigenvalue weighted by molar-refractivity contribution is 5.47. The van der Waals surface area contributed by atoms with Crippen LogP contribution in [0.3, 0.4) is 0 Å². The number of halogens is 1. The summed E-state index contributed by atoms with van der Waals surface area (Å²) in [6, 6.07) is 4.55. The van der Waals surface area contributed by atoms with Gasteiger partial charge in [-0.15, -0.1) is 0 Å². The summed E-state index contributed by atoms with van der Waals surface area (Å²) in [4.78, 5) is 2.55. The Morgan fingerprint density at radius 2 is 2.05 bits per heavy atom. The summed E-state index contributed by atoms with van der Waals surface area (Å²) in [6.45, 7) is 5.03. The number of methoxy groups -OCH3 is 1. The highest BCUT2D eigenvalue weighted by atomic mass is 19.1. The number of fused-ring (bicyclic) bond motifs is 1. The first-order valence-electron chi connectivity index (χ1n) is 7.87. The number of hydrogen-bond acceptors (Lipinski definition) is 3. The van der Waals surface area contributed by atoms with E-state index >= 15 is 0 Å². The standard InChI is InChI=1S/C17H24FNO2/c1-11(2)19(12-5-4-6-12)13-9-14-16(20-3)8-7-15(18)17(14)21-10-13/h7-8,11-13H,4-6,9-10H2,1-3H3/t13-/m1/s1. The minimum absolute atomic E-state index is 0.288. The highest BCUT2D eigenvalue weighted by Gasteiger charge is 2.36. The molecule has 1 saturated carbocycles. The van der Waals surface area contributed by atoms with Crippen molar-refractivity contribution in [2.24, 2.45) is 0 Å². The van der Waals surface area contributed by atoms with Gasteiger partial charge in [0.05, 0.1) is 7.11 Å². The Bertz CT molecular complexity index is 514. The second kappa shape index (κ2) is 5.84. The van der Waals surface area contributed by atoms with Crippen LogP contribution in [0.5, 0.6) is 11.5 Å². The van der Waals surface area contributed by atoms with Crippen LogP contribution in [0.25, 0.3) is 0 Å². The maximum Gasteiger partial charge on any atom is 0.165 e. The van der Waals surface area contributed by atoms with Crippen LogP contribution in [-0.4, -0.2) is 36.7 Å². The Hall–Kier alpha value is -1.29. The van der Waals surface area contributed by atoms with Crippen molar-refractivity contribution in [2.45, 2.75) is 57.7 Å². The quantitative estimate of drug-likeness (QED) is 0.849. The van der Waals surface area contributed by atoms with Crippen LogP contribution in [0, 0.1) is 5.82 Å². The van der Waals surface area contributed by atoms with Crippen molar-refractivity contribution in [3.8, 4) is 11.5 Å². The van der Waals surface area contributed by atoms with Crippen molar-refractivity contribution < 1.29 is 13.9 Å². The average Bonchev–Trinajstić information content (AvgIpc) is 2.42. The van der Waals surface area contributed by atoms with Gasteiger partial charge < -0.3 is 9.47 Å². The summed E-state index contributed by atoms with van der Waals surface area (Å²) >= 11 is 0. The van der Waals surface area contributed by atoms with Crippen molar-refractivity contribution in [1.82, 2.24) is 4.90 Å². The second-order valence-corrected chi connectivity index (χ2v) is 6.35. The van der Waals surface area contributed by atoms with Crippen LogP contribution in [0.15, 0.2) is 12.1 Å². The monoisotopic (exact) mass is 293 g/mol. The molecule has 1 atom stereocenters. The Labute approximate surface area is 126 Å². The van der Waals surface area contributed by atoms with Gasteiger partial charge >= 0.3 is 0 Å². The number of nitrogens with zero attached hydrogens (tertiary/aromatic N) is 1. The molecular formula is C17H24FNO2. The van der Waals surface area contributed by atoms with Crippen molar-refractivity contribution >= 4 is 0 Å². The van der Waals surface area contributed by atoms with E-state index in [2.05, 4.69) is 18.7 Å². The summed E-state index contributed by atoms with van der Waals surface area (Å²) < 4.78 is 25.1.